The van der Waals surface area contributed by atoms with E-state index in [0.717, 1.165) is 25.9 Å². The van der Waals surface area contributed by atoms with Gasteiger partial charge in [0.15, 0.2) is 0 Å². The Bertz CT molecular complexity index is 76.0. The van der Waals surface area contributed by atoms with Gasteiger partial charge in [0.1, 0.15) is 0 Å². The minimum absolute atomic E-state index is 0.142. The summed E-state index contributed by atoms with van der Waals surface area (Å²) in [6.45, 7) is 6.06. The highest BCUT2D eigenvalue weighted by molar-refractivity contribution is 4.57. The first-order chi connectivity index (χ1) is 5.31. The van der Waals surface area contributed by atoms with Gasteiger partial charge in [-0.05, 0) is 19.4 Å². The third-order valence-corrected chi connectivity index (χ3v) is 1.71. The van der Waals surface area contributed by atoms with Crippen LogP contribution in [0.3, 0.4) is 0 Å². The fraction of sp³-hybridized carbons (Fsp3) is 1.00. The lowest BCUT2D eigenvalue weighted by Gasteiger charge is -2.09. The first kappa shape index (κ1) is 10.9. The molecule has 68 valence electrons. The molecular weight excluding hydrogens is 138 g/mol. The summed E-state index contributed by atoms with van der Waals surface area (Å²) in [6.07, 6.45) is 4.27. The number of aliphatic hydroxyl groups is 1. The molecule has 0 aliphatic heterocycles. The lowest BCUT2D eigenvalue weighted by molar-refractivity contribution is 0.161. The van der Waals surface area contributed by atoms with Crippen molar-refractivity contribution in [2.24, 2.45) is 0 Å². The molecule has 0 amide bonds. The van der Waals surface area contributed by atoms with Gasteiger partial charge in [-0.15, -0.1) is 0 Å². The fourth-order valence-corrected chi connectivity index (χ4v) is 1.01. The molecule has 0 bridgehead atoms. The number of hydrogen-bond acceptors (Lipinski definition) is 2. The van der Waals surface area contributed by atoms with Gasteiger partial charge in [0.2, 0.25) is 0 Å². The van der Waals surface area contributed by atoms with E-state index in [2.05, 4.69) is 19.2 Å². The lowest BCUT2D eigenvalue weighted by Crippen LogP contribution is -2.27. The van der Waals surface area contributed by atoms with E-state index in [-0.39, 0.29) is 6.10 Å². The maximum absolute atomic E-state index is 9.29. The third-order valence-electron chi connectivity index (χ3n) is 1.71. The average molecular weight is 159 g/mol. The fourth-order valence-electron chi connectivity index (χ4n) is 1.01. The van der Waals surface area contributed by atoms with E-state index >= 15 is 0 Å². The lowest BCUT2D eigenvalue weighted by atomic mass is 10.2. The molecule has 0 aromatic heterocycles. The first-order valence-electron chi connectivity index (χ1n) is 4.70. The SMILES string of the molecule is CCCCNCC(O)CCC. The number of aliphatic hydroxyl groups excluding tert-OH is 1. The molecule has 11 heavy (non-hydrogen) atoms. The van der Waals surface area contributed by atoms with Crippen molar-refractivity contribution in [2.75, 3.05) is 13.1 Å². The quantitative estimate of drug-likeness (QED) is 0.552. The van der Waals surface area contributed by atoms with E-state index < -0.39 is 0 Å². The van der Waals surface area contributed by atoms with Crippen molar-refractivity contribution < 1.29 is 5.11 Å². The molecule has 0 fully saturated rings. The monoisotopic (exact) mass is 159 g/mol. The van der Waals surface area contributed by atoms with Gasteiger partial charge in [-0.1, -0.05) is 26.7 Å². The van der Waals surface area contributed by atoms with Crippen LogP contribution >= 0.6 is 0 Å². The van der Waals surface area contributed by atoms with Crippen molar-refractivity contribution >= 4 is 0 Å². The molecule has 1 atom stereocenters. The van der Waals surface area contributed by atoms with E-state index in [1.165, 1.54) is 12.8 Å². The van der Waals surface area contributed by atoms with Gasteiger partial charge in [0, 0.05) is 6.54 Å². The Morgan fingerprint density at radius 2 is 2.00 bits per heavy atom. The van der Waals surface area contributed by atoms with Crippen LogP contribution in [0.5, 0.6) is 0 Å². The maximum atomic E-state index is 9.29. The van der Waals surface area contributed by atoms with Gasteiger partial charge < -0.3 is 10.4 Å². The molecule has 0 aliphatic carbocycles. The molecule has 2 N–H and O–H groups in total. The Balaban J connectivity index is 2.97. The van der Waals surface area contributed by atoms with Crippen LogP contribution < -0.4 is 5.32 Å². The van der Waals surface area contributed by atoms with Crippen LogP contribution in [0.15, 0.2) is 0 Å². The summed E-state index contributed by atoms with van der Waals surface area (Å²) in [4.78, 5) is 0. The summed E-state index contributed by atoms with van der Waals surface area (Å²) in [5.74, 6) is 0. The van der Waals surface area contributed by atoms with Crippen LogP contribution in [-0.2, 0) is 0 Å². The summed E-state index contributed by atoms with van der Waals surface area (Å²) < 4.78 is 0. The van der Waals surface area contributed by atoms with Gasteiger partial charge in [0.05, 0.1) is 6.10 Å². The number of hydrogen-bond donors (Lipinski definition) is 2. The molecule has 0 heterocycles. The second-order valence-electron chi connectivity index (χ2n) is 3.00. The summed E-state index contributed by atoms with van der Waals surface area (Å²) in [6, 6.07) is 0. The second-order valence-corrected chi connectivity index (χ2v) is 3.00. The van der Waals surface area contributed by atoms with Crippen LogP contribution in [-0.4, -0.2) is 24.3 Å². The topological polar surface area (TPSA) is 32.3 Å². The van der Waals surface area contributed by atoms with Gasteiger partial charge >= 0.3 is 0 Å². The Morgan fingerprint density at radius 3 is 2.55 bits per heavy atom. The summed E-state index contributed by atoms with van der Waals surface area (Å²) in [7, 11) is 0. The largest absolute Gasteiger partial charge is 0.392 e. The van der Waals surface area contributed by atoms with E-state index in [1.807, 2.05) is 0 Å². The van der Waals surface area contributed by atoms with Crippen molar-refractivity contribution in [3.63, 3.8) is 0 Å². The molecule has 0 aliphatic rings. The van der Waals surface area contributed by atoms with Crippen molar-refractivity contribution in [3.05, 3.63) is 0 Å². The van der Waals surface area contributed by atoms with Crippen molar-refractivity contribution in [1.82, 2.24) is 5.32 Å². The third kappa shape index (κ3) is 7.82. The molecule has 0 saturated carbocycles. The molecule has 0 radical (unpaired) electrons. The zero-order valence-electron chi connectivity index (χ0n) is 7.77. The van der Waals surface area contributed by atoms with Gasteiger partial charge in [-0.3, -0.25) is 0 Å². The van der Waals surface area contributed by atoms with Crippen LogP contribution in [0.4, 0.5) is 0 Å². The smallest absolute Gasteiger partial charge is 0.0664 e. The molecule has 0 saturated heterocycles. The minimum atomic E-state index is -0.142. The highest BCUT2D eigenvalue weighted by Crippen LogP contribution is 1.93. The predicted molar refractivity (Wildman–Crippen MR) is 48.7 cm³/mol. The standard InChI is InChI=1S/C9H21NO/c1-3-5-7-10-8-9(11)6-4-2/h9-11H,3-8H2,1-2H3. The highest BCUT2D eigenvalue weighted by atomic mass is 16.3. The van der Waals surface area contributed by atoms with Gasteiger partial charge in [-0.2, -0.15) is 0 Å². The van der Waals surface area contributed by atoms with Crippen molar-refractivity contribution in [2.45, 2.75) is 45.6 Å². The molecular formula is C9H21NO. The molecule has 2 heteroatoms. The minimum Gasteiger partial charge on any atom is -0.392 e. The van der Waals surface area contributed by atoms with E-state index in [9.17, 15) is 5.11 Å². The normalized spacial score (nSPS) is 13.4. The van der Waals surface area contributed by atoms with Crippen LogP contribution in [0.1, 0.15) is 39.5 Å². The molecule has 0 aromatic carbocycles. The summed E-state index contributed by atoms with van der Waals surface area (Å²) in [5.41, 5.74) is 0. The molecule has 0 rings (SSSR count). The zero-order chi connectivity index (χ0) is 8.53. The highest BCUT2D eigenvalue weighted by Gasteiger charge is 1.99. The maximum Gasteiger partial charge on any atom is 0.0664 e. The zero-order valence-corrected chi connectivity index (χ0v) is 7.77. The second kappa shape index (κ2) is 8.02. The number of rotatable bonds is 7. The van der Waals surface area contributed by atoms with Gasteiger partial charge in [-0.25, -0.2) is 0 Å². The number of unbranched alkanes of at least 4 members (excludes halogenated alkanes) is 1. The van der Waals surface area contributed by atoms with E-state index in [4.69, 9.17) is 0 Å². The van der Waals surface area contributed by atoms with Crippen molar-refractivity contribution in [3.8, 4) is 0 Å². The number of nitrogens with one attached hydrogen (secondary N) is 1. The summed E-state index contributed by atoms with van der Waals surface area (Å²) in [5, 5.41) is 12.5. The average Bonchev–Trinajstić information content (AvgIpc) is 1.99. The Morgan fingerprint density at radius 1 is 1.27 bits per heavy atom. The Labute approximate surface area is 70.0 Å². The first-order valence-corrected chi connectivity index (χ1v) is 4.70. The Hall–Kier alpha value is -0.0800. The molecule has 2 nitrogen and oxygen atoms in total. The predicted octanol–water partition coefficient (Wildman–Crippen LogP) is 1.54. The van der Waals surface area contributed by atoms with Crippen molar-refractivity contribution in [1.29, 1.82) is 0 Å². The van der Waals surface area contributed by atoms with Crippen LogP contribution in [0, 0.1) is 0 Å². The molecule has 1 unspecified atom stereocenters. The van der Waals surface area contributed by atoms with Crippen LogP contribution in [0.2, 0.25) is 0 Å². The van der Waals surface area contributed by atoms with E-state index in [0.29, 0.717) is 0 Å². The molecule has 0 spiro atoms. The summed E-state index contributed by atoms with van der Waals surface area (Å²) >= 11 is 0. The van der Waals surface area contributed by atoms with Gasteiger partial charge in [0.25, 0.3) is 0 Å². The van der Waals surface area contributed by atoms with Crippen LogP contribution in [0.25, 0.3) is 0 Å². The Kier molecular flexibility index (Phi) is 7.96. The van der Waals surface area contributed by atoms with E-state index in [1.54, 1.807) is 0 Å². The molecule has 0 aromatic rings.